The van der Waals surface area contributed by atoms with E-state index in [4.69, 9.17) is 21.1 Å². The summed E-state index contributed by atoms with van der Waals surface area (Å²) >= 11 is 5.93. The van der Waals surface area contributed by atoms with Crippen molar-refractivity contribution in [3.8, 4) is 11.5 Å². The van der Waals surface area contributed by atoms with E-state index in [1.165, 1.54) is 35.7 Å². The van der Waals surface area contributed by atoms with E-state index < -0.39 is 15.9 Å². The highest BCUT2D eigenvalue weighted by Gasteiger charge is 2.27. The largest absolute Gasteiger partial charge is 0.493 e. The first kappa shape index (κ1) is 26.5. The summed E-state index contributed by atoms with van der Waals surface area (Å²) in [6.45, 7) is 1.64. The third kappa shape index (κ3) is 6.97. The van der Waals surface area contributed by atoms with Crippen LogP contribution in [0.2, 0.25) is 5.02 Å². The molecule has 1 N–H and O–H groups in total. The molecule has 0 saturated carbocycles. The Kier molecular flexibility index (Phi) is 9.14. The monoisotopic (exact) mass is 516 g/mol. The third-order valence-corrected chi connectivity index (χ3v) is 7.66. The van der Waals surface area contributed by atoms with Gasteiger partial charge in [0.25, 0.3) is 0 Å². The number of carbonyl (C=O) groups is 1. The van der Waals surface area contributed by atoms with Crippen LogP contribution in [0.1, 0.15) is 24.1 Å². The van der Waals surface area contributed by atoms with Crippen LogP contribution >= 0.6 is 11.6 Å². The highest BCUT2D eigenvalue weighted by Crippen LogP contribution is 2.30. The average Bonchev–Trinajstić information content (AvgIpc) is 2.86. The standard InChI is InChI=1S/C26H29ClN2O5S/c1-19(21-9-14-24(33-2)25(17-21)34-3)28-26(30)18-29(16-15-20-7-5-4-6-8-20)35(31,32)23-12-10-22(27)11-13-23/h4-14,17,19H,15-16,18H2,1-3H3,(H,28,30). The molecule has 3 rings (SSSR count). The van der Waals surface area contributed by atoms with Crippen molar-refractivity contribution in [3.63, 3.8) is 0 Å². The van der Waals surface area contributed by atoms with E-state index in [0.717, 1.165) is 11.1 Å². The quantitative estimate of drug-likeness (QED) is 0.406. The van der Waals surface area contributed by atoms with Crippen LogP contribution in [0.15, 0.2) is 77.7 Å². The van der Waals surface area contributed by atoms with Crippen molar-refractivity contribution in [1.29, 1.82) is 0 Å². The van der Waals surface area contributed by atoms with Crippen LogP contribution in [0, 0.1) is 0 Å². The van der Waals surface area contributed by atoms with Gasteiger partial charge in [-0.2, -0.15) is 4.31 Å². The van der Waals surface area contributed by atoms with Crippen LogP contribution in [-0.2, 0) is 21.2 Å². The summed E-state index contributed by atoms with van der Waals surface area (Å²) in [5.74, 6) is 0.703. The van der Waals surface area contributed by atoms with Crippen molar-refractivity contribution in [3.05, 3.63) is 88.9 Å². The smallest absolute Gasteiger partial charge is 0.243 e. The number of hydrogen-bond donors (Lipinski definition) is 1. The van der Waals surface area contributed by atoms with Crippen molar-refractivity contribution >= 4 is 27.5 Å². The Labute approximate surface area is 211 Å². The number of benzene rings is 3. The molecular weight excluding hydrogens is 488 g/mol. The summed E-state index contributed by atoms with van der Waals surface area (Å²) in [5.41, 5.74) is 1.77. The molecule has 35 heavy (non-hydrogen) atoms. The molecule has 0 saturated heterocycles. The van der Waals surface area contributed by atoms with Gasteiger partial charge in [-0.3, -0.25) is 4.79 Å². The lowest BCUT2D eigenvalue weighted by molar-refractivity contribution is -0.121. The van der Waals surface area contributed by atoms with Gasteiger partial charge in [0, 0.05) is 11.6 Å². The maximum atomic E-state index is 13.4. The van der Waals surface area contributed by atoms with Crippen molar-refractivity contribution in [2.75, 3.05) is 27.3 Å². The molecule has 1 atom stereocenters. The van der Waals surface area contributed by atoms with E-state index in [0.29, 0.717) is 22.9 Å². The molecule has 3 aromatic carbocycles. The van der Waals surface area contributed by atoms with E-state index in [1.807, 2.05) is 43.3 Å². The number of ether oxygens (including phenoxy) is 2. The molecule has 9 heteroatoms. The number of nitrogens with zero attached hydrogens (tertiary/aromatic N) is 1. The number of amides is 1. The molecule has 0 aromatic heterocycles. The van der Waals surface area contributed by atoms with Gasteiger partial charge in [0.2, 0.25) is 15.9 Å². The third-order valence-electron chi connectivity index (χ3n) is 5.55. The molecule has 0 bridgehead atoms. The van der Waals surface area contributed by atoms with Crippen LogP contribution in [0.4, 0.5) is 0 Å². The Morgan fingerprint density at radius 1 is 0.971 bits per heavy atom. The fourth-order valence-electron chi connectivity index (χ4n) is 3.59. The van der Waals surface area contributed by atoms with Gasteiger partial charge in [0.1, 0.15) is 0 Å². The number of halogens is 1. The van der Waals surface area contributed by atoms with E-state index in [1.54, 1.807) is 19.2 Å². The molecule has 0 aliphatic heterocycles. The number of carbonyl (C=O) groups excluding carboxylic acids is 1. The molecule has 1 unspecified atom stereocenters. The molecular formula is C26H29ClN2O5S. The molecule has 0 aliphatic rings. The number of nitrogens with one attached hydrogen (secondary N) is 1. The van der Waals surface area contributed by atoms with E-state index >= 15 is 0 Å². The summed E-state index contributed by atoms with van der Waals surface area (Å²) in [7, 11) is -0.838. The van der Waals surface area contributed by atoms with Crippen molar-refractivity contribution in [2.24, 2.45) is 0 Å². The lowest BCUT2D eigenvalue weighted by atomic mass is 10.1. The Bertz CT molecular complexity index is 1230. The van der Waals surface area contributed by atoms with Gasteiger partial charge in [0.15, 0.2) is 11.5 Å². The molecule has 0 spiro atoms. The first-order valence-corrected chi connectivity index (χ1v) is 12.9. The van der Waals surface area contributed by atoms with Gasteiger partial charge in [-0.05, 0) is 60.9 Å². The number of rotatable bonds is 11. The molecule has 0 heterocycles. The first-order valence-electron chi connectivity index (χ1n) is 11.1. The SMILES string of the molecule is COc1ccc(C(C)NC(=O)CN(CCc2ccccc2)S(=O)(=O)c2ccc(Cl)cc2)cc1OC. The summed E-state index contributed by atoms with van der Waals surface area (Å²) in [4.78, 5) is 13.0. The normalized spacial score (nSPS) is 12.3. The lowest BCUT2D eigenvalue weighted by Gasteiger charge is -2.23. The number of hydrogen-bond acceptors (Lipinski definition) is 5. The zero-order valence-electron chi connectivity index (χ0n) is 19.9. The number of methoxy groups -OCH3 is 2. The van der Waals surface area contributed by atoms with Gasteiger partial charge in [0.05, 0.1) is 31.7 Å². The Balaban J connectivity index is 1.78. The Morgan fingerprint density at radius 3 is 2.26 bits per heavy atom. The summed E-state index contributed by atoms with van der Waals surface area (Å²) < 4.78 is 38.6. The zero-order chi connectivity index (χ0) is 25.4. The molecule has 1 amide bonds. The Hall–Kier alpha value is -3.07. The summed E-state index contributed by atoms with van der Waals surface area (Å²) in [5, 5.41) is 3.32. The van der Waals surface area contributed by atoms with Gasteiger partial charge in [-0.15, -0.1) is 0 Å². The average molecular weight is 517 g/mol. The fraction of sp³-hybridized carbons (Fsp3) is 0.269. The first-order chi connectivity index (χ1) is 16.7. The van der Waals surface area contributed by atoms with E-state index in [9.17, 15) is 13.2 Å². The van der Waals surface area contributed by atoms with E-state index in [2.05, 4.69) is 5.32 Å². The maximum absolute atomic E-state index is 13.4. The van der Waals surface area contributed by atoms with Crippen molar-refractivity contribution in [1.82, 2.24) is 9.62 Å². The van der Waals surface area contributed by atoms with Crippen LogP contribution in [0.25, 0.3) is 0 Å². The molecule has 186 valence electrons. The predicted octanol–water partition coefficient (Wildman–Crippen LogP) is 4.47. The second-order valence-corrected chi connectivity index (χ2v) is 10.3. The highest BCUT2D eigenvalue weighted by atomic mass is 35.5. The van der Waals surface area contributed by atoms with Gasteiger partial charge in [-0.25, -0.2) is 8.42 Å². The van der Waals surface area contributed by atoms with E-state index in [-0.39, 0.29) is 24.0 Å². The van der Waals surface area contributed by atoms with Crippen LogP contribution in [0.3, 0.4) is 0 Å². The van der Waals surface area contributed by atoms with Gasteiger partial charge < -0.3 is 14.8 Å². The summed E-state index contributed by atoms with van der Waals surface area (Å²) in [6.07, 6.45) is 0.464. The highest BCUT2D eigenvalue weighted by molar-refractivity contribution is 7.89. The lowest BCUT2D eigenvalue weighted by Crippen LogP contribution is -2.42. The number of sulfonamides is 1. The van der Waals surface area contributed by atoms with Crippen molar-refractivity contribution < 1.29 is 22.7 Å². The second kappa shape index (κ2) is 12.1. The molecule has 0 aliphatic carbocycles. The second-order valence-electron chi connectivity index (χ2n) is 7.93. The minimum absolute atomic E-state index is 0.0794. The minimum atomic E-state index is -3.93. The topological polar surface area (TPSA) is 84.9 Å². The van der Waals surface area contributed by atoms with Crippen LogP contribution in [-0.4, -0.2) is 45.9 Å². The fourth-order valence-corrected chi connectivity index (χ4v) is 5.11. The van der Waals surface area contributed by atoms with Crippen molar-refractivity contribution in [2.45, 2.75) is 24.3 Å². The van der Waals surface area contributed by atoms with Crippen LogP contribution in [0.5, 0.6) is 11.5 Å². The predicted molar refractivity (Wildman–Crippen MR) is 136 cm³/mol. The molecule has 7 nitrogen and oxygen atoms in total. The van der Waals surface area contributed by atoms with Gasteiger partial charge in [-0.1, -0.05) is 48.0 Å². The molecule has 0 fully saturated rings. The zero-order valence-corrected chi connectivity index (χ0v) is 21.5. The molecule has 3 aromatic rings. The Morgan fingerprint density at radius 2 is 1.63 bits per heavy atom. The minimum Gasteiger partial charge on any atom is -0.493 e. The molecule has 0 radical (unpaired) electrons. The maximum Gasteiger partial charge on any atom is 0.243 e. The van der Waals surface area contributed by atoms with Gasteiger partial charge >= 0.3 is 0 Å². The van der Waals surface area contributed by atoms with Crippen LogP contribution < -0.4 is 14.8 Å². The summed E-state index contributed by atoms with van der Waals surface area (Å²) in [6, 6.07) is 20.4.